The van der Waals surface area contributed by atoms with E-state index in [2.05, 4.69) is 28.8 Å². The summed E-state index contributed by atoms with van der Waals surface area (Å²) < 4.78 is 0. The minimum absolute atomic E-state index is 0.371. The van der Waals surface area contributed by atoms with E-state index in [-0.39, 0.29) is 0 Å². The van der Waals surface area contributed by atoms with E-state index in [0.29, 0.717) is 18.2 Å². The summed E-state index contributed by atoms with van der Waals surface area (Å²) in [5.41, 5.74) is 0. The molecule has 2 rings (SSSR count). The van der Waals surface area contributed by atoms with Crippen LogP contribution in [-0.2, 0) is 4.79 Å². The fourth-order valence-electron chi connectivity index (χ4n) is 3.29. The molecule has 1 aliphatic carbocycles. The fraction of sp³-hybridized carbons (Fsp3) is 0.938. The Labute approximate surface area is 124 Å². The number of Topliss-reactive ketones (excluding diaryl/α,β-unsaturated/α-hetero) is 1. The molecule has 1 aliphatic heterocycles. The second-order valence-corrected chi connectivity index (χ2v) is 6.72. The first kappa shape index (κ1) is 15.9. The predicted molar refractivity (Wildman–Crippen MR) is 83.0 cm³/mol. The van der Waals surface area contributed by atoms with Crippen LogP contribution in [0, 0.1) is 5.92 Å². The zero-order valence-corrected chi connectivity index (χ0v) is 13.3. The molecule has 0 aromatic heterocycles. The maximum atomic E-state index is 12.3. The molecule has 0 unspecified atom stereocenters. The van der Waals surface area contributed by atoms with Gasteiger partial charge in [-0.25, -0.2) is 0 Å². The topological polar surface area (TPSA) is 26.8 Å². The minimum atomic E-state index is 0.371. The van der Waals surface area contributed by atoms with Crippen molar-refractivity contribution in [2.45, 2.75) is 32.1 Å². The summed E-state index contributed by atoms with van der Waals surface area (Å²) in [5.74, 6) is 0.877. The van der Waals surface area contributed by atoms with E-state index < -0.39 is 0 Å². The van der Waals surface area contributed by atoms with Crippen molar-refractivity contribution < 1.29 is 4.79 Å². The second-order valence-electron chi connectivity index (χ2n) is 6.72. The summed E-state index contributed by atoms with van der Waals surface area (Å²) in [5, 5.41) is 0. The number of hydrogen-bond acceptors (Lipinski definition) is 4. The van der Waals surface area contributed by atoms with Gasteiger partial charge < -0.3 is 4.90 Å². The van der Waals surface area contributed by atoms with Crippen molar-refractivity contribution in [3.05, 3.63) is 0 Å². The molecule has 0 spiro atoms. The van der Waals surface area contributed by atoms with Crippen LogP contribution in [0.2, 0.25) is 0 Å². The average Bonchev–Trinajstić information content (AvgIpc) is 2.47. The molecule has 4 nitrogen and oxygen atoms in total. The van der Waals surface area contributed by atoms with Gasteiger partial charge in [-0.15, -0.1) is 0 Å². The molecular formula is C16H31N3O. The number of hydrogen-bond donors (Lipinski definition) is 0. The van der Waals surface area contributed by atoms with Crippen molar-refractivity contribution >= 4 is 5.78 Å². The zero-order chi connectivity index (χ0) is 14.4. The molecule has 116 valence electrons. The summed E-state index contributed by atoms with van der Waals surface area (Å²) in [6.07, 6.45) is 6.13. The van der Waals surface area contributed by atoms with Crippen LogP contribution < -0.4 is 0 Å². The van der Waals surface area contributed by atoms with Crippen molar-refractivity contribution in [1.29, 1.82) is 0 Å². The highest BCUT2D eigenvalue weighted by Gasteiger charge is 2.24. The Morgan fingerprint density at radius 2 is 1.60 bits per heavy atom. The number of ketones is 1. The van der Waals surface area contributed by atoms with Gasteiger partial charge in [-0.1, -0.05) is 19.3 Å². The van der Waals surface area contributed by atoms with Crippen LogP contribution in [0.25, 0.3) is 0 Å². The van der Waals surface area contributed by atoms with E-state index >= 15 is 0 Å². The van der Waals surface area contributed by atoms with Gasteiger partial charge in [0.1, 0.15) is 5.78 Å². The zero-order valence-electron chi connectivity index (χ0n) is 13.3. The Bertz CT molecular complexity index is 292. The summed E-state index contributed by atoms with van der Waals surface area (Å²) in [6, 6.07) is 0. The molecule has 2 aliphatic rings. The molecule has 1 heterocycles. The van der Waals surface area contributed by atoms with Crippen LogP contribution in [0.4, 0.5) is 0 Å². The Morgan fingerprint density at radius 3 is 2.20 bits per heavy atom. The lowest BCUT2D eigenvalue weighted by molar-refractivity contribution is -0.125. The van der Waals surface area contributed by atoms with Crippen LogP contribution in [0.5, 0.6) is 0 Å². The van der Waals surface area contributed by atoms with Crippen LogP contribution in [-0.4, -0.2) is 80.4 Å². The average molecular weight is 281 g/mol. The number of likely N-dealkylation sites (N-methyl/N-ethyl adjacent to an activating group) is 1. The maximum absolute atomic E-state index is 12.3. The predicted octanol–water partition coefficient (Wildman–Crippen LogP) is 1.31. The molecule has 0 aromatic carbocycles. The van der Waals surface area contributed by atoms with Gasteiger partial charge in [0.05, 0.1) is 6.54 Å². The molecule has 0 radical (unpaired) electrons. The minimum Gasteiger partial charge on any atom is -0.308 e. The molecule has 2 fully saturated rings. The molecule has 4 heteroatoms. The van der Waals surface area contributed by atoms with Crippen molar-refractivity contribution in [2.24, 2.45) is 5.92 Å². The van der Waals surface area contributed by atoms with Crippen molar-refractivity contribution in [3.63, 3.8) is 0 Å². The van der Waals surface area contributed by atoms with Gasteiger partial charge in [-0.2, -0.15) is 0 Å². The first-order valence-corrected chi connectivity index (χ1v) is 8.27. The van der Waals surface area contributed by atoms with Crippen molar-refractivity contribution in [3.8, 4) is 0 Å². The number of piperazine rings is 1. The number of nitrogens with zero attached hydrogens (tertiary/aromatic N) is 3. The Balaban J connectivity index is 1.64. The molecule has 0 atom stereocenters. The van der Waals surface area contributed by atoms with Gasteiger partial charge in [0.15, 0.2) is 0 Å². The molecule has 0 N–H and O–H groups in total. The largest absolute Gasteiger partial charge is 0.308 e. The Hall–Kier alpha value is -0.450. The summed E-state index contributed by atoms with van der Waals surface area (Å²) in [7, 11) is 4.25. The molecule has 20 heavy (non-hydrogen) atoms. The van der Waals surface area contributed by atoms with E-state index in [9.17, 15) is 4.79 Å². The smallest absolute Gasteiger partial charge is 0.149 e. The van der Waals surface area contributed by atoms with Gasteiger partial charge in [-0.3, -0.25) is 14.6 Å². The highest BCUT2D eigenvalue weighted by Crippen LogP contribution is 2.24. The lowest BCUT2D eigenvalue weighted by Crippen LogP contribution is -2.49. The van der Waals surface area contributed by atoms with E-state index in [0.717, 1.165) is 52.1 Å². The van der Waals surface area contributed by atoms with Crippen LogP contribution in [0.15, 0.2) is 0 Å². The number of carbonyl (C=O) groups excluding carboxylic acids is 1. The third-order valence-electron chi connectivity index (χ3n) is 4.77. The van der Waals surface area contributed by atoms with Crippen LogP contribution in [0.1, 0.15) is 32.1 Å². The van der Waals surface area contributed by atoms with Crippen LogP contribution >= 0.6 is 0 Å². The summed E-state index contributed by atoms with van der Waals surface area (Å²) in [6.45, 7) is 7.33. The quantitative estimate of drug-likeness (QED) is 0.733. The monoisotopic (exact) mass is 281 g/mol. The highest BCUT2D eigenvalue weighted by atomic mass is 16.1. The third kappa shape index (κ3) is 5.15. The summed E-state index contributed by atoms with van der Waals surface area (Å²) in [4.78, 5) is 19.4. The van der Waals surface area contributed by atoms with Gasteiger partial charge >= 0.3 is 0 Å². The van der Waals surface area contributed by atoms with Crippen LogP contribution in [0.3, 0.4) is 0 Å². The van der Waals surface area contributed by atoms with Gasteiger partial charge in [0.2, 0.25) is 0 Å². The number of rotatable bonds is 6. The van der Waals surface area contributed by atoms with Crippen molar-refractivity contribution in [1.82, 2.24) is 14.7 Å². The van der Waals surface area contributed by atoms with E-state index in [1.807, 2.05) is 0 Å². The van der Waals surface area contributed by atoms with Gasteiger partial charge in [0.25, 0.3) is 0 Å². The Kier molecular flexibility index (Phi) is 6.46. The first-order chi connectivity index (χ1) is 9.65. The second kappa shape index (κ2) is 8.11. The standard InChI is InChI=1S/C16H31N3O/c1-17(2)8-9-18-10-12-19(13-11-18)14-16(20)15-6-4-3-5-7-15/h15H,3-14H2,1-2H3. The lowest BCUT2D eigenvalue weighted by Gasteiger charge is -2.35. The molecule has 0 aromatic rings. The summed E-state index contributed by atoms with van der Waals surface area (Å²) >= 11 is 0. The van der Waals surface area contributed by atoms with Gasteiger partial charge in [0, 0.05) is 45.2 Å². The molecule has 0 amide bonds. The number of carbonyl (C=O) groups is 1. The fourth-order valence-corrected chi connectivity index (χ4v) is 3.29. The van der Waals surface area contributed by atoms with E-state index in [1.165, 1.54) is 19.3 Å². The van der Waals surface area contributed by atoms with Crippen molar-refractivity contribution in [2.75, 3.05) is 59.9 Å². The molecular weight excluding hydrogens is 250 g/mol. The molecule has 1 saturated carbocycles. The lowest BCUT2D eigenvalue weighted by atomic mass is 9.86. The Morgan fingerprint density at radius 1 is 1.00 bits per heavy atom. The molecule has 0 bridgehead atoms. The normalized spacial score (nSPS) is 23.4. The molecule has 1 saturated heterocycles. The van der Waals surface area contributed by atoms with E-state index in [4.69, 9.17) is 0 Å². The van der Waals surface area contributed by atoms with Gasteiger partial charge in [-0.05, 0) is 26.9 Å². The maximum Gasteiger partial charge on any atom is 0.149 e. The SMILES string of the molecule is CN(C)CCN1CCN(CC(=O)C2CCCCC2)CC1. The third-order valence-corrected chi connectivity index (χ3v) is 4.77. The first-order valence-electron chi connectivity index (χ1n) is 8.27. The highest BCUT2D eigenvalue weighted by molar-refractivity contribution is 5.83. The van der Waals surface area contributed by atoms with E-state index in [1.54, 1.807) is 0 Å².